The molecule has 0 heterocycles. The van der Waals surface area contributed by atoms with Gasteiger partial charge in [-0.25, -0.2) is 4.57 Å². The van der Waals surface area contributed by atoms with Crippen LogP contribution in [0.5, 0.6) is 0 Å². The summed E-state index contributed by atoms with van der Waals surface area (Å²) in [7, 11) is 2.75. The Hall–Kier alpha value is -0.363. The number of carbonyl (C=O) groups excluding carboxylic acids is 1. The second-order valence-corrected chi connectivity index (χ2v) is 10.1. The van der Waals surface area contributed by atoms with Crippen LogP contribution in [-0.4, -0.2) is 92.5 Å². The molecule has 0 saturated heterocycles. The summed E-state index contributed by atoms with van der Waals surface area (Å²) in [6, 6.07) is 0. The van der Waals surface area contributed by atoms with Crippen LogP contribution in [0.25, 0.3) is 0 Å². The zero-order chi connectivity index (χ0) is 18.1. The summed E-state index contributed by atoms with van der Waals surface area (Å²) >= 11 is 0. The van der Waals surface area contributed by atoms with Gasteiger partial charge in [-0.3, -0.25) is 13.8 Å². The maximum Gasteiger partial charge on any atom is 0.520 e. The number of hydrogen-bond donors (Lipinski definition) is 2. The summed E-state index contributed by atoms with van der Waals surface area (Å²) in [6.45, 7) is -0.0739. The van der Waals surface area contributed by atoms with E-state index in [1.165, 1.54) is 21.3 Å². The van der Waals surface area contributed by atoms with E-state index >= 15 is 0 Å². The quantitative estimate of drug-likeness (QED) is 0.263. The fourth-order valence-corrected chi connectivity index (χ4v) is 3.35. The highest BCUT2D eigenvalue weighted by Gasteiger charge is 2.38. The van der Waals surface area contributed by atoms with Gasteiger partial charge in [-0.05, 0) is 0 Å². The molecule has 0 radical (unpaired) electrons. The van der Waals surface area contributed by atoms with Crippen molar-refractivity contribution in [2.45, 2.75) is 0 Å². The van der Waals surface area contributed by atoms with Crippen molar-refractivity contribution < 1.29 is 41.1 Å². The summed E-state index contributed by atoms with van der Waals surface area (Å²) in [5.74, 6) is -0.613. The molecule has 10 nitrogen and oxygen atoms in total. The number of likely N-dealkylation sites (N-methyl/N-ethyl adjacent to an activating group) is 1. The monoisotopic (exact) mass is 375 g/mol. The first kappa shape index (κ1) is 22.6. The summed E-state index contributed by atoms with van der Waals surface area (Å²) in [6.07, 6.45) is 0.0107. The molecule has 1 amide bonds. The minimum atomic E-state index is -4.27. The first-order chi connectivity index (χ1) is 10.5. The van der Waals surface area contributed by atoms with Gasteiger partial charge in [-0.15, -0.1) is 0 Å². The van der Waals surface area contributed by atoms with Crippen molar-refractivity contribution in [2.24, 2.45) is 0 Å². The molecule has 0 aliphatic heterocycles. The predicted octanol–water partition coefficient (Wildman–Crippen LogP) is -0.640. The fraction of sp³-hybridized carbons (Fsp3) is 0.909. The van der Waals surface area contributed by atoms with Crippen molar-refractivity contribution >= 4 is 22.5 Å². The molecule has 0 spiro atoms. The molecule has 138 valence electrons. The van der Waals surface area contributed by atoms with Crippen LogP contribution >= 0.6 is 7.82 Å². The van der Waals surface area contributed by atoms with Gasteiger partial charge in [0.25, 0.3) is 0 Å². The lowest BCUT2D eigenvalue weighted by Gasteiger charge is -2.24. The Morgan fingerprint density at radius 3 is 2.09 bits per heavy atom. The van der Waals surface area contributed by atoms with Gasteiger partial charge < -0.3 is 28.0 Å². The van der Waals surface area contributed by atoms with Crippen LogP contribution in [0.15, 0.2) is 0 Å². The minimum absolute atomic E-state index is 0.0107. The standard InChI is InChI=1S/C11H27N2O8PSi/c1-13(2,3)7-8-20-22(15,16)21-9-11(14)12-10-23(17-4,18-5)19-6/h7-10H2,1-6H3,(H-,12,14,15,16)/p+1. The first-order valence-electron chi connectivity index (χ1n) is 6.83. The van der Waals surface area contributed by atoms with Crippen LogP contribution in [0, 0.1) is 0 Å². The second kappa shape index (κ2) is 9.82. The molecule has 2 N–H and O–H groups in total. The molecule has 0 aliphatic rings. The Balaban J connectivity index is 4.19. The average molecular weight is 375 g/mol. The van der Waals surface area contributed by atoms with Crippen molar-refractivity contribution in [2.75, 3.05) is 68.4 Å². The van der Waals surface area contributed by atoms with Crippen molar-refractivity contribution in [1.82, 2.24) is 5.32 Å². The lowest BCUT2D eigenvalue weighted by molar-refractivity contribution is -0.870. The number of phosphoric ester groups is 1. The third-order valence-corrected chi connectivity index (χ3v) is 6.25. The predicted molar refractivity (Wildman–Crippen MR) is 84.4 cm³/mol. The number of hydrogen-bond acceptors (Lipinski definition) is 7. The van der Waals surface area contributed by atoms with Gasteiger partial charge in [0.1, 0.15) is 19.8 Å². The highest BCUT2D eigenvalue weighted by atomic mass is 31.2. The maximum absolute atomic E-state index is 11.6. The molecule has 0 aliphatic carbocycles. The fourth-order valence-electron chi connectivity index (χ4n) is 1.33. The van der Waals surface area contributed by atoms with Crippen molar-refractivity contribution in [3.8, 4) is 0 Å². The molecule has 0 aromatic rings. The molecule has 12 heteroatoms. The Morgan fingerprint density at radius 1 is 1.13 bits per heavy atom. The molecule has 0 aromatic carbocycles. The topological polar surface area (TPSA) is 113 Å². The van der Waals surface area contributed by atoms with E-state index in [0.717, 1.165) is 0 Å². The van der Waals surface area contributed by atoms with Crippen LogP contribution in [0.3, 0.4) is 0 Å². The maximum atomic E-state index is 11.6. The lowest BCUT2D eigenvalue weighted by Crippen LogP contribution is -2.53. The summed E-state index contributed by atoms with van der Waals surface area (Å²) in [4.78, 5) is 21.1. The van der Waals surface area contributed by atoms with Gasteiger partial charge >= 0.3 is 16.6 Å². The summed E-state index contributed by atoms with van der Waals surface area (Å²) < 4.78 is 37.0. The smallest absolute Gasteiger partial charge is 0.376 e. The number of carbonyl (C=O) groups is 1. The average Bonchev–Trinajstić information content (AvgIpc) is 2.46. The normalized spacial score (nSPS) is 15.3. The molecule has 0 rings (SSSR count). The van der Waals surface area contributed by atoms with Crippen LogP contribution in [0.1, 0.15) is 0 Å². The molecule has 0 saturated carbocycles. The highest BCUT2D eigenvalue weighted by Crippen LogP contribution is 2.42. The summed E-state index contributed by atoms with van der Waals surface area (Å²) in [5, 5.41) is 2.46. The third kappa shape index (κ3) is 10.2. The van der Waals surface area contributed by atoms with Crippen molar-refractivity contribution in [3.63, 3.8) is 0 Å². The van der Waals surface area contributed by atoms with Crippen LogP contribution in [0.2, 0.25) is 0 Å². The first-order valence-corrected chi connectivity index (χ1v) is 10.3. The molecule has 0 fully saturated rings. The number of nitrogens with zero attached hydrogens (tertiary/aromatic N) is 1. The Bertz CT molecular complexity index is 405. The lowest BCUT2D eigenvalue weighted by atomic mass is 10.5. The minimum Gasteiger partial charge on any atom is -0.376 e. The molecule has 0 aromatic heterocycles. The van der Waals surface area contributed by atoms with Crippen LogP contribution in [0.4, 0.5) is 0 Å². The number of nitrogens with one attached hydrogen (secondary N) is 1. The van der Waals surface area contributed by atoms with Gasteiger partial charge in [-0.2, -0.15) is 0 Å². The zero-order valence-electron chi connectivity index (χ0n) is 14.5. The largest absolute Gasteiger partial charge is 0.520 e. The van der Waals surface area contributed by atoms with E-state index in [9.17, 15) is 14.3 Å². The van der Waals surface area contributed by atoms with E-state index in [-0.39, 0.29) is 12.8 Å². The summed E-state index contributed by atoms with van der Waals surface area (Å²) in [5.41, 5.74) is 0. The number of rotatable bonds is 12. The van der Waals surface area contributed by atoms with Crippen molar-refractivity contribution in [1.29, 1.82) is 0 Å². The molecular formula is C11H28N2O8PSi+. The molecule has 23 heavy (non-hydrogen) atoms. The SMILES string of the molecule is CO[Si](CNC(=O)COP(=O)(O)OCC[N+](C)(C)C)(OC)OC. The molecule has 0 bridgehead atoms. The number of quaternary nitrogens is 1. The van der Waals surface area contributed by atoms with E-state index in [4.69, 9.17) is 17.8 Å². The van der Waals surface area contributed by atoms with Gasteiger partial charge in [0.2, 0.25) is 5.91 Å². The Morgan fingerprint density at radius 2 is 1.65 bits per heavy atom. The molecular weight excluding hydrogens is 347 g/mol. The Kier molecular flexibility index (Phi) is 9.66. The molecule has 1 atom stereocenters. The van der Waals surface area contributed by atoms with Gasteiger partial charge in [-0.1, -0.05) is 0 Å². The Labute approximate surface area is 138 Å². The molecule has 1 unspecified atom stereocenters. The van der Waals surface area contributed by atoms with E-state index in [1.807, 2.05) is 21.1 Å². The number of phosphoric acid groups is 1. The van der Waals surface area contributed by atoms with E-state index in [0.29, 0.717) is 11.0 Å². The van der Waals surface area contributed by atoms with Crippen LogP contribution < -0.4 is 5.32 Å². The highest BCUT2D eigenvalue weighted by molar-refractivity contribution is 7.47. The zero-order valence-corrected chi connectivity index (χ0v) is 16.4. The van der Waals surface area contributed by atoms with Gasteiger partial charge in [0, 0.05) is 21.3 Å². The van der Waals surface area contributed by atoms with Gasteiger partial charge in [0.15, 0.2) is 0 Å². The van der Waals surface area contributed by atoms with E-state index < -0.39 is 29.1 Å². The van der Waals surface area contributed by atoms with Crippen molar-refractivity contribution in [3.05, 3.63) is 0 Å². The van der Waals surface area contributed by atoms with Gasteiger partial charge in [0.05, 0.1) is 27.3 Å². The second-order valence-electron chi connectivity index (χ2n) is 5.66. The third-order valence-electron chi connectivity index (χ3n) is 2.81. The number of amides is 1. The van der Waals surface area contributed by atoms with E-state index in [2.05, 4.69) is 9.84 Å². The van der Waals surface area contributed by atoms with Crippen LogP contribution in [-0.2, 0) is 31.7 Å². The van der Waals surface area contributed by atoms with E-state index in [1.54, 1.807) is 0 Å².